The van der Waals surface area contributed by atoms with Gasteiger partial charge in [-0.2, -0.15) is 5.10 Å². The number of carbonyl (C=O) groups is 1. The van der Waals surface area contributed by atoms with Crippen LogP contribution >= 0.6 is 11.6 Å². The molecule has 1 amide bonds. The number of methoxy groups -OCH3 is 1. The van der Waals surface area contributed by atoms with E-state index in [1.165, 1.54) is 24.3 Å². The molecule has 0 fully saturated rings. The van der Waals surface area contributed by atoms with Gasteiger partial charge < -0.3 is 9.47 Å². The van der Waals surface area contributed by atoms with Gasteiger partial charge in [-0.05, 0) is 92.2 Å². The van der Waals surface area contributed by atoms with Crippen LogP contribution in [0.3, 0.4) is 0 Å². The number of halogens is 1. The minimum atomic E-state index is -4.08. The molecule has 1 N–H and O–H groups in total. The number of ether oxygens (including phenoxy) is 2. The number of amides is 1. The van der Waals surface area contributed by atoms with Gasteiger partial charge in [0.1, 0.15) is 18.0 Å². The van der Waals surface area contributed by atoms with Crippen LogP contribution in [0.1, 0.15) is 19.4 Å². The summed E-state index contributed by atoms with van der Waals surface area (Å²) in [5.41, 5.74) is 4.07. The number of nitrogens with one attached hydrogen (secondary N) is 1. The minimum absolute atomic E-state index is 0.00139. The van der Waals surface area contributed by atoms with Crippen molar-refractivity contribution in [1.82, 2.24) is 5.43 Å². The van der Waals surface area contributed by atoms with Crippen molar-refractivity contribution < 1.29 is 22.7 Å². The highest BCUT2D eigenvalue weighted by Crippen LogP contribution is 2.26. The molecule has 0 atom stereocenters. The molecule has 0 spiro atoms. The summed E-state index contributed by atoms with van der Waals surface area (Å²) in [7, 11) is -2.51. The van der Waals surface area contributed by atoms with Gasteiger partial charge in [-0.1, -0.05) is 11.6 Å². The molecule has 3 aromatic carbocycles. The second-order valence-corrected chi connectivity index (χ2v) is 9.65. The summed E-state index contributed by atoms with van der Waals surface area (Å²) in [5, 5.41) is 4.52. The van der Waals surface area contributed by atoms with Gasteiger partial charge in [0, 0.05) is 5.02 Å². The van der Waals surface area contributed by atoms with Crippen LogP contribution in [0.5, 0.6) is 11.5 Å². The minimum Gasteiger partial charge on any atom is -0.497 e. The van der Waals surface area contributed by atoms with E-state index in [1.54, 1.807) is 62.6 Å². The summed E-state index contributed by atoms with van der Waals surface area (Å²) in [5.74, 6) is 0.678. The van der Waals surface area contributed by atoms with Gasteiger partial charge in [-0.25, -0.2) is 13.8 Å². The van der Waals surface area contributed by atoms with Crippen LogP contribution in [-0.4, -0.2) is 40.3 Å². The van der Waals surface area contributed by atoms with Gasteiger partial charge in [-0.3, -0.25) is 9.10 Å². The van der Waals surface area contributed by atoms with Crippen molar-refractivity contribution in [3.63, 3.8) is 0 Å². The zero-order valence-electron chi connectivity index (χ0n) is 19.6. The topological polar surface area (TPSA) is 97.3 Å². The first kappa shape index (κ1) is 26.1. The van der Waals surface area contributed by atoms with Crippen LogP contribution in [-0.2, 0) is 14.8 Å². The van der Waals surface area contributed by atoms with E-state index in [0.29, 0.717) is 34.5 Å². The maximum absolute atomic E-state index is 13.4. The standard InChI is InChI=1S/C25H26ClN3O5S/c1-4-34-23-13-9-21(10-14-23)29(35(31,32)24-15-7-20(26)8-16-24)17-25(30)28-27-18(2)19-5-11-22(33-3)12-6-19/h5-16H,4,17H2,1-3H3,(H,28,30)/b27-18-. The molecule has 0 radical (unpaired) electrons. The predicted octanol–water partition coefficient (Wildman–Crippen LogP) is 4.48. The van der Waals surface area contributed by atoms with Gasteiger partial charge in [0.2, 0.25) is 0 Å². The molecule has 184 valence electrons. The average molecular weight is 516 g/mol. The Morgan fingerprint density at radius 1 is 0.971 bits per heavy atom. The second kappa shape index (κ2) is 11.7. The van der Waals surface area contributed by atoms with Crippen LogP contribution < -0.4 is 19.2 Å². The molecular formula is C25H26ClN3O5S. The van der Waals surface area contributed by atoms with Crippen LogP contribution in [0, 0.1) is 0 Å². The number of nitrogens with zero attached hydrogens (tertiary/aromatic N) is 2. The first-order valence-electron chi connectivity index (χ1n) is 10.7. The second-order valence-electron chi connectivity index (χ2n) is 7.35. The van der Waals surface area contributed by atoms with Crippen LogP contribution in [0.25, 0.3) is 0 Å². The lowest BCUT2D eigenvalue weighted by Crippen LogP contribution is -2.39. The van der Waals surface area contributed by atoms with Crippen LogP contribution in [0.15, 0.2) is 82.8 Å². The van der Waals surface area contributed by atoms with E-state index in [2.05, 4.69) is 10.5 Å². The van der Waals surface area contributed by atoms with Crippen molar-refractivity contribution in [2.24, 2.45) is 5.10 Å². The van der Waals surface area contributed by atoms with Gasteiger partial charge in [0.15, 0.2) is 0 Å². The maximum atomic E-state index is 13.4. The third-order valence-corrected chi connectivity index (χ3v) is 7.02. The largest absolute Gasteiger partial charge is 0.497 e. The predicted molar refractivity (Wildman–Crippen MR) is 137 cm³/mol. The summed E-state index contributed by atoms with van der Waals surface area (Å²) >= 11 is 5.92. The molecule has 35 heavy (non-hydrogen) atoms. The molecule has 3 rings (SSSR count). The lowest BCUT2D eigenvalue weighted by Gasteiger charge is -2.24. The van der Waals surface area contributed by atoms with Gasteiger partial charge in [0.05, 0.1) is 30.0 Å². The first-order chi connectivity index (χ1) is 16.7. The summed E-state index contributed by atoms with van der Waals surface area (Å²) < 4.78 is 38.5. The molecule has 0 unspecified atom stereocenters. The van der Waals surface area contributed by atoms with Crippen molar-refractivity contribution in [3.05, 3.63) is 83.4 Å². The zero-order chi connectivity index (χ0) is 25.4. The number of hydrazone groups is 1. The van der Waals surface area contributed by atoms with E-state index in [-0.39, 0.29) is 4.90 Å². The lowest BCUT2D eigenvalue weighted by molar-refractivity contribution is -0.119. The summed E-state index contributed by atoms with van der Waals surface area (Å²) in [6.07, 6.45) is 0. The zero-order valence-corrected chi connectivity index (χ0v) is 21.1. The third-order valence-electron chi connectivity index (χ3n) is 4.98. The quantitative estimate of drug-likeness (QED) is 0.317. The van der Waals surface area contributed by atoms with Crippen molar-refractivity contribution in [2.45, 2.75) is 18.7 Å². The fraction of sp³-hybridized carbons (Fsp3) is 0.200. The van der Waals surface area contributed by atoms with E-state index in [1.807, 2.05) is 6.92 Å². The lowest BCUT2D eigenvalue weighted by atomic mass is 10.1. The van der Waals surface area contributed by atoms with Crippen molar-refractivity contribution in [2.75, 3.05) is 24.6 Å². The molecule has 0 heterocycles. The molecule has 0 saturated carbocycles. The molecule has 0 aromatic heterocycles. The number of carbonyl (C=O) groups excluding carboxylic acids is 1. The fourth-order valence-corrected chi connectivity index (χ4v) is 4.68. The van der Waals surface area contributed by atoms with Gasteiger partial charge in [-0.15, -0.1) is 0 Å². The average Bonchev–Trinajstić information content (AvgIpc) is 2.87. The third kappa shape index (κ3) is 6.74. The van der Waals surface area contributed by atoms with Crippen LogP contribution in [0.2, 0.25) is 5.02 Å². The van der Waals surface area contributed by atoms with Crippen molar-refractivity contribution in [1.29, 1.82) is 0 Å². The molecule has 0 aliphatic rings. The van der Waals surface area contributed by atoms with E-state index in [9.17, 15) is 13.2 Å². The Bertz CT molecular complexity index is 1280. The highest BCUT2D eigenvalue weighted by molar-refractivity contribution is 7.92. The summed E-state index contributed by atoms with van der Waals surface area (Å²) in [6, 6.07) is 19.4. The Balaban J connectivity index is 1.85. The van der Waals surface area contributed by atoms with Crippen molar-refractivity contribution in [3.8, 4) is 11.5 Å². The molecule has 8 nitrogen and oxygen atoms in total. The number of hydrogen-bond acceptors (Lipinski definition) is 6. The van der Waals surface area contributed by atoms with E-state index < -0.39 is 22.5 Å². The fourth-order valence-electron chi connectivity index (χ4n) is 3.13. The van der Waals surface area contributed by atoms with Crippen molar-refractivity contribution >= 4 is 38.9 Å². The normalized spacial score (nSPS) is 11.6. The summed E-state index contributed by atoms with van der Waals surface area (Å²) in [4.78, 5) is 12.8. The highest BCUT2D eigenvalue weighted by atomic mass is 35.5. The maximum Gasteiger partial charge on any atom is 0.264 e. The molecular weight excluding hydrogens is 490 g/mol. The molecule has 10 heteroatoms. The number of anilines is 1. The Morgan fingerprint density at radius 2 is 1.57 bits per heavy atom. The van der Waals surface area contributed by atoms with E-state index >= 15 is 0 Å². The van der Waals surface area contributed by atoms with Crippen LogP contribution in [0.4, 0.5) is 5.69 Å². The molecule has 0 aliphatic heterocycles. The molecule has 0 aliphatic carbocycles. The first-order valence-corrected chi connectivity index (χ1v) is 12.5. The highest BCUT2D eigenvalue weighted by Gasteiger charge is 2.27. The molecule has 0 saturated heterocycles. The van der Waals surface area contributed by atoms with E-state index in [0.717, 1.165) is 9.87 Å². The Morgan fingerprint density at radius 3 is 2.14 bits per heavy atom. The Hall–Kier alpha value is -3.56. The SMILES string of the molecule is CCOc1ccc(N(CC(=O)N/N=C(/C)c2ccc(OC)cc2)S(=O)(=O)c2ccc(Cl)cc2)cc1. The smallest absolute Gasteiger partial charge is 0.264 e. The summed E-state index contributed by atoms with van der Waals surface area (Å²) in [6.45, 7) is 3.57. The Kier molecular flexibility index (Phi) is 8.73. The number of hydrogen-bond donors (Lipinski definition) is 1. The number of sulfonamides is 1. The molecule has 3 aromatic rings. The van der Waals surface area contributed by atoms with Gasteiger partial charge in [0.25, 0.3) is 15.9 Å². The van der Waals surface area contributed by atoms with Gasteiger partial charge >= 0.3 is 0 Å². The number of rotatable bonds is 10. The van der Waals surface area contributed by atoms with E-state index in [4.69, 9.17) is 21.1 Å². The number of benzene rings is 3. The monoisotopic (exact) mass is 515 g/mol. The Labute approximate surface area is 210 Å². The molecule has 0 bridgehead atoms.